The minimum Gasteiger partial charge on any atom is -0.351 e. The third kappa shape index (κ3) is 3.81. The average molecular weight is 247 g/mol. The Balaban J connectivity index is 2.43. The predicted molar refractivity (Wildman–Crippen MR) is 64.9 cm³/mol. The molecule has 0 saturated heterocycles. The molecule has 15 heavy (non-hydrogen) atoms. The van der Waals surface area contributed by atoms with Crippen molar-refractivity contribution in [3.05, 3.63) is 20.8 Å². The van der Waals surface area contributed by atoms with E-state index < -0.39 is 0 Å². The van der Waals surface area contributed by atoms with E-state index in [0.29, 0.717) is 16.4 Å². The fraction of sp³-hybridized carbons (Fsp3) is 0.500. The number of halogens is 1. The van der Waals surface area contributed by atoms with E-state index in [-0.39, 0.29) is 5.91 Å². The smallest absolute Gasteiger partial charge is 0.262 e. The molecule has 0 bridgehead atoms. The molecule has 0 aliphatic rings. The molecule has 1 aromatic heterocycles. The highest BCUT2D eigenvalue weighted by Gasteiger charge is 2.12. The summed E-state index contributed by atoms with van der Waals surface area (Å²) in [4.78, 5) is 13.3. The van der Waals surface area contributed by atoms with Crippen molar-refractivity contribution in [2.75, 3.05) is 20.1 Å². The summed E-state index contributed by atoms with van der Waals surface area (Å²) in [6.07, 6.45) is 0.921. The first kappa shape index (κ1) is 12.5. The SMILES string of the molecule is CNCCCNC(=O)c1sc(C)cc1Cl. The Morgan fingerprint density at radius 3 is 2.80 bits per heavy atom. The van der Waals surface area contributed by atoms with Crippen LogP contribution in [0.25, 0.3) is 0 Å². The van der Waals surface area contributed by atoms with Gasteiger partial charge in [0.1, 0.15) is 4.88 Å². The Kier molecular flexibility index (Phi) is 5.08. The Labute approximate surface area is 98.8 Å². The van der Waals surface area contributed by atoms with Crippen LogP contribution in [0, 0.1) is 6.92 Å². The van der Waals surface area contributed by atoms with Gasteiger partial charge in [0.15, 0.2) is 0 Å². The molecular weight excluding hydrogens is 232 g/mol. The van der Waals surface area contributed by atoms with E-state index in [1.807, 2.05) is 20.0 Å². The van der Waals surface area contributed by atoms with Gasteiger partial charge in [-0.05, 0) is 33.0 Å². The standard InChI is InChI=1S/C10H15ClN2OS/c1-7-6-8(11)9(15-7)10(14)13-5-3-4-12-2/h6,12H,3-5H2,1-2H3,(H,13,14). The molecule has 0 saturated carbocycles. The van der Waals surface area contributed by atoms with Gasteiger partial charge in [-0.2, -0.15) is 0 Å². The van der Waals surface area contributed by atoms with Gasteiger partial charge in [-0.25, -0.2) is 0 Å². The number of amides is 1. The summed E-state index contributed by atoms with van der Waals surface area (Å²) in [5.74, 6) is -0.0748. The van der Waals surface area contributed by atoms with Gasteiger partial charge in [0.25, 0.3) is 5.91 Å². The summed E-state index contributed by atoms with van der Waals surface area (Å²) in [7, 11) is 1.89. The van der Waals surface area contributed by atoms with Crippen LogP contribution in [-0.4, -0.2) is 26.0 Å². The molecule has 0 spiro atoms. The molecule has 1 amide bonds. The van der Waals surface area contributed by atoms with Crippen molar-refractivity contribution in [2.24, 2.45) is 0 Å². The normalized spacial score (nSPS) is 10.3. The topological polar surface area (TPSA) is 41.1 Å². The first-order valence-corrected chi connectivity index (χ1v) is 6.03. The first-order valence-electron chi connectivity index (χ1n) is 4.84. The molecular formula is C10H15ClN2OS. The highest BCUT2D eigenvalue weighted by atomic mass is 35.5. The number of nitrogens with one attached hydrogen (secondary N) is 2. The molecule has 5 heteroatoms. The highest BCUT2D eigenvalue weighted by Crippen LogP contribution is 2.25. The van der Waals surface area contributed by atoms with Crippen molar-refractivity contribution in [1.29, 1.82) is 0 Å². The van der Waals surface area contributed by atoms with Gasteiger partial charge in [0, 0.05) is 11.4 Å². The van der Waals surface area contributed by atoms with Crippen molar-refractivity contribution >= 4 is 28.8 Å². The Hall–Kier alpha value is -0.580. The summed E-state index contributed by atoms with van der Waals surface area (Å²) < 4.78 is 0. The Bertz CT molecular complexity index is 338. The summed E-state index contributed by atoms with van der Waals surface area (Å²) in [5, 5.41) is 6.40. The van der Waals surface area contributed by atoms with Crippen LogP contribution in [0.1, 0.15) is 21.0 Å². The van der Waals surface area contributed by atoms with Crippen LogP contribution in [0.15, 0.2) is 6.07 Å². The minimum atomic E-state index is -0.0748. The zero-order valence-electron chi connectivity index (χ0n) is 8.89. The zero-order chi connectivity index (χ0) is 11.3. The van der Waals surface area contributed by atoms with E-state index in [1.165, 1.54) is 11.3 Å². The van der Waals surface area contributed by atoms with Crippen molar-refractivity contribution in [3.63, 3.8) is 0 Å². The van der Waals surface area contributed by atoms with Crippen LogP contribution in [0.5, 0.6) is 0 Å². The zero-order valence-corrected chi connectivity index (χ0v) is 10.5. The number of hydrogen-bond acceptors (Lipinski definition) is 3. The molecule has 0 aliphatic carbocycles. The van der Waals surface area contributed by atoms with Gasteiger partial charge in [-0.3, -0.25) is 4.79 Å². The summed E-state index contributed by atoms with van der Waals surface area (Å²) in [5.41, 5.74) is 0. The highest BCUT2D eigenvalue weighted by molar-refractivity contribution is 7.14. The molecule has 0 aromatic carbocycles. The van der Waals surface area contributed by atoms with E-state index >= 15 is 0 Å². The monoisotopic (exact) mass is 246 g/mol. The quantitative estimate of drug-likeness (QED) is 0.781. The maximum Gasteiger partial charge on any atom is 0.262 e. The van der Waals surface area contributed by atoms with Crippen molar-refractivity contribution in [3.8, 4) is 0 Å². The number of hydrogen-bond donors (Lipinski definition) is 2. The first-order chi connectivity index (χ1) is 7.15. The molecule has 0 unspecified atom stereocenters. The minimum absolute atomic E-state index is 0.0748. The van der Waals surface area contributed by atoms with Gasteiger partial charge in [0.2, 0.25) is 0 Å². The van der Waals surface area contributed by atoms with E-state index in [9.17, 15) is 4.79 Å². The van der Waals surface area contributed by atoms with Crippen LogP contribution in [-0.2, 0) is 0 Å². The number of carbonyl (C=O) groups excluding carboxylic acids is 1. The average Bonchev–Trinajstić information content (AvgIpc) is 2.52. The van der Waals surface area contributed by atoms with E-state index in [2.05, 4.69) is 10.6 Å². The molecule has 0 radical (unpaired) electrons. The second kappa shape index (κ2) is 6.10. The number of aryl methyl sites for hydroxylation is 1. The maximum absolute atomic E-state index is 11.6. The lowest BCUT2D eigenvalue weighted by atomic mass is 10.4. The molecule has 3 nitrogen and oxygen atoms in total. The molecule has 0 aliphatic heterocycles. The second-order valence-electron chi connectivity index (χ2n) is 3.25. The van der Waals surface area contributed by atoms with Crippen LogP contribution in [0.2, 0.25) is 5.02 Å². The van der Waals surface area contributed by atoms with Crippen LogP contribution in [0.3, 0.4) is 0 Å². The fourth-order valence-corrected chi connectivity index (χ4v) is 2.44. The molecule has 84 valence electrons. The molecule has 2 N–H and O–H groups in total. The van der Waals surface area contributed by atoms with E-state index in [4.69, 9.17) is 11.6 Å². The van der Waals surface area contributed by atoms with Gasteiger partial charge in [-0.15, -0.1) is 11.3 Å². The molecule has 0 fully saturated rings. The Morgan fingerprint density at radius 2 is 2.27 bits per heavy atom. The van der Waals surface area contributed by atoms with Crippen molar-refractivity contribution < 1.29 is 4.79 Å². The lowest BCUT2D eigenvalue weighted by molar-refractivity contribution is 0.0957. The van der Waals surface area contributed by atoms with Gasteiger partial charge in [-0.1, -0.05) is 11.6 Å². The fourth-order valence-electron chi connectivity index (χ4n) is 1.19. The van der Waals surface area contributed by atoms with Crippen LogP contribution < -0.4 is 10.6 Å². The molecule has 1 rings (SSSR count). The lowest BCUT2D eigenvalue weighted by Gasteiger charge is -2.03. The largest absolute Gasteiger partial charge is 0.351 e. The Morgan fingerprint density at radius 1 is 1.53 bits per heavy atom. The van der Waals surface area contributed by atoms with Crippen molar-refractivity contribution in [1.82, 2.24) is 10.6 Å². The van der Waals surface area contributed by atoms with E-state index in [1.54, 1.807) is 0 Å². The number of rotatable bonds is 5. The van der Waals surface area contributed by atoms with Crippen molar-refractivity contribution in [2.45, 2.75) is 13.3 Å². The summed E-state index contributed by atoms with van der Waals surface area (Å²) in [6, 6.07) is 1.81. The second-order valence-corrected chi connectivity index (χ2v) is 4.91. The summed E-state index contributed by atoms with van der Waals surface area (Å²) in [6.45, 7) is 3.51. The molecule has 1 heterocycles. The van der Waals surface area contributed by atoms with Crippen LogP contribution >= 0.6 is 22.9 Å². The third-order valence-corrected chi connectivity index (χ3v) is 3.36. The number of thiophene rings is 1. The predicted octanol–water partition coefficient (Wildman–Crippen LogP) is 2.05. The molecule has 0 atom stereocenters. The van der Waals surface area contributed by atoms with Gasteiger partial charge >= 0.3 is 0 Å². The summed E-state index contributed by atoms with van der Waals surface area (Å²) >= 11 is 7.34. The molecule has 1 aromatic rings. The van der Waals surface area contributed by atoms with Gasteiger partial charge < -0.3 is 10.6 Å². The van der Waals surface area contributed by atoms with E-state index in [0.717, 1.165) is 17.8 Å². The lowest BCUT2D eigenvalue weighted by Crippen LogP contribution is -2.26. The maximum atomic E-state index is 11.6. The van der Waals surface area contributed by atoms with Gasteiger partial charge in [0.05, 0.1) is 5.02 Å². The third-order valence-electron chi connectivity index (χ3n) is 1.91. The van der Waals surface area contributed by atoms with Crippen LogP contribution in [0.4, 0.5) is 0 Å². The number of carbonyl (C=O) groups is 1.